The number of nitrogens with zero attached hydrogens (tertiary/aromatic N) is 5. The number of halogens is 4. The van der Waals surface area contributed by atoms with E-state index in [2.05, 4.69) is 15.1 Å². The third kappa shape index (κ3) is 3.57. The summed E-state index contributed by atoms with van der Waals surface area (Å²) in [6, 6.07) is 4.33. The van der Waals surface area contributed by atoms with E-state index >= 15 is 0 Å². The Hall–Kier alpha value is -3.93. The van der Waals surface area contributed by atoms with Crippen molar-refractivity contribution in [3.63, 3.8) is 0 Å². The van der Waals surface area contributed by atoms with Gasteiger partial charge in [0.05, 0.1) is 34.4 Å². The van der Waals surface area contributed by atoms with E-state index in [9.17, 15) is 27.2 Å². The molecule has 0 spiro atoms. The van der Waals surface area contributed by atoms with Gasteiger partial charge in [0.2, 0.25) is 0 Å². The molecular formula is C25H20F4N6O2. The maximum atomic E-state index is 14.9. The second kappa shape index (κ2) is 7.78. The fourth-order valence-electron chi connectivity index (χ4n) is 5.40. The molecule has 3 aromatic heterocycles. The second-order valence-corrected chi connectivity index (χ2v) is 9.90. The molecule has 12 heteroatoms. The van der Waals surface area contributed by atoms with Crippen LogP contribution in [-0.4, -0.2) is 36.4 Å². The zero-order valence-electron chi connectivity index (χ0n) is 19.5. The summed E-state index contributed by atoms with van der Waals surface area (Å²) in [7, 11) is 1.66. The molecule has 1 amide bonds. The SMILES string of the molecule is Cn1nc(C(=O)C23CC(C2)C3)c2cnc3cc(F)c(C(=O)N(N)Cc4ccc(C(F)(F)F)cn4)cc3c21. The first-order chi connectivity index (χ1) is 17.5. The van der Waals surface area contributed by atoms with Crippen LogP contribution in [0.25, 0.3) is 21.8 Å². The van der Waals surface area contributed by atoms with Crippen LogP contribution in [0.1, 0.15) is 51.4 Å². The number of alkyl halides is 3. The zero-order chi connectivity index (χ0) is 26.3. The number of aryl methyl sites for hydroxylation is 1. The minimum atomic E-state index is -4.55. The van der Waals surface area contributed by atoms with Crippen LogP contribution in [0.3, 0.4) is 0 Å². The minimum absolute atomic E-state index is 0.0164. The summed E-state index contributed by atoms with van der Waals surface area (Å²) >= 11 is 0. The van der Waals surface area contributed by atoms with Crippen molar-refractivity contribution in [3.8, 4) is 0 Å². The monoisotopic (exact) mass is 512 g/mol. The van der Waals surface area contributed by atoms with Crippen molar-refractivity contribution in [1.82, 2.24) is 24.8 Å². The summed E-state index contributed by atoms with van der Waals surface area (Å²) < 4.78 is 54.8. The van der Waals surface area contributed by atoms with Gasteiger partial charge in [0, 0.05) is 41.7 Å². The van der Waals surface area contributed by atoms with Crippen LogP contribution in [0.5, 0.6) is 0 Å². The van der Waals surface area contributed by atoms with Gasteiger partial charge in [-0.1, -0.05) is 0 Å². The number of fused-ring (bicyclic) bond motifs is 3. The van der Waals surface area contributed by atoms with Crippen molar-refractivity contribution in [2.75, 3.05) is 0 Å². The number of amides is 1. The highest BCUT2D eigenvalue weighted by Crippen LogP contribution is 2.65. The Morgan fingerprint density at radius 1 is 1.14 bits per heavy atom. The van der Waals surface area contributed by atoms with Crippen LogP contribution in [0.15, 0.2) is 36.7 Å². The Bertz CT molecular complexity index is 1600. The highest BCUT2D eigenvalue weighted by molar-refractivity contribution is 6.15. The number of ketones is 1. The molecule has 2 N–H and O–H groups in total. The number of aromatic nitrogens is 4. The molecule has 3 fully saturated rings. The van der Waals surface area contributed by atoms with Gasteiger partial charge in [-0.15, -0.1) is 0 Å². The molecule has 1 aromatic carbocycles. The molecule has 3 aliphatic carbocycles. The lowest BCUT2D eigenvalue weighted by Crippen LogP contribution is -2.56. The number of pyridine rings is 2. The number of nitrogens with two attached hydrogens (primary N) is 1. The van der Waals surface area contributed by atoms with Crippen LogP contribution in [0.2, 0.25) is 0 Å². The standard InChI is InChI=1S/C25H20F4N6O2/c1-34-21-16-4-15(23(37)35(30)11-14-3-2-13(9-31-14)25(27,28)29)18(26)5-19(16)32-10-17(21)20(33-34)22(36)24-6-12(7-24)8-24/h2-5,9-10,12H,6-8,11,30H2,1H3. The van der Waals surface area contributed by atoms with Crippen LogP contribution in [0.4, 0.5) is 17.6 Å². The Morgan fingerprint density at radius 3 is 2.46 bits per heavy atom. The van der Waals surface area contributed by atoms with Crippen molar-refractivity contribution < 1.29 is 27.2 Å². The molecule has 0 aliphatic heterocycles. The Labute approximate surface area is 207 Å². The third-order valence-corrected chi connectivity index (χ3v) is 7.47. The molecular weight excluding hydrogens is 492 g/mol. The summed E-state index contributed by atoms with van der Waals surface area (Å²) in [5.41, 5.74) is -0.425. The lowest BCUT2D eigenvalue weighted by Gasteiger charge is -2.60. The average Bonchev–Trinajstić information content (AvgIpc) is 3.12. The smallest absolute Gasteiger partial charge is 0.292 e. The molecule has 7 rings (SSSR count). The normalized spacial score (nSPS) is 20.5. The highest BCUT2D eigenvalue weighted by Gasteiger charge is 2.61. The summed E-state index contributed by atoms with van der Waals surface area (Å²) in [5.74, 6) is 4.69. The van der Waals surface area contributed by atoms with Crippen molar-refractivity contribution in [3.05, 3.63) is 65.0 Å². The topological polar surface area (TPSA) is 107 Å². The molecule has 0 unspecified atom stereocenters. The maximum Gasteiger partial charge on any atom is 0.417 e. The number of benzene rings is 1. The lowest BCUT2D eigenvalue weighted by atomic mass is 9.42. The summed E-state index contributed by atoms with van der Waals surface area (Å²) in [4.78, 5) is 34.2. The summed E-state index contributed by atoms with van der Waals surface area (Å²) in [5, 5.41) is 6.06. The Morgan fingerprint density at radius 2 is 1.86 bits per heavy atom. The number of hydrazine groups is 1. The van der Waals surface area contributed by atoms with Gasteiger partial charge in [0.1, 0.15) is 11.5 Å². The Kier molecular flexibility index (Phi) is 4.94. The van der Waals surface area contributed by atoms with E-state index in [0.717, 1.165) is 37.5 Å². The van der Waals surface area contributed by atoms with Crippen molar-refractivity contribution in [2.24, 2.45) is 24.2 Å². The number of carbonyl (C=O) groups excluding carboxylic acids is 2. The van der Waals surface area contributed by atoms with Crippen molar-refractivity contribution in [2.45, 2.75) is 32.0 Å². The maximum absolute atomic E-state index is 14.9. The fraction of sp³-hybridized carbons (Fsp3) is 0.320. The summed E-state index contributed by atoms with van der Waals surface area (Å²) in [6.45, 7) is -0.343. The summed E-state index contributed by atoms with van der Waals surface area (Å²) in [6.07, 6.45) is 0.195. The van der Waals surface area contributed by atoms with Gasteiger partial charge < -0.3 is 0 Å². The first-order valence-electron chi connectivity index (χ1n) is 11.6. The van der Waals surface area contributed by atoms with Gasteiger partial charge in [0.25, 0.3) is 5.91 Å². The van der Waals surface area contributed by atoms with Crippen molar-refractivity contribution in [1.29, 1.82) is 0 Å². The predicted octanol–water partition coefficient (Wildman–Crippen LogP) is 4.17. The number of carbonyl (C=O) groups is 2. The molecule has 0 radical (unpaired) electrons. The van der Waals surface area contributed by atoms with Gasteiger partial charge in [-0.2, -0.15) is 18.3 Å². The molecule has 3 aliphatic rings. The molecule has 3 heterocycles. The zero-order valence-corrected chi connectivity index (χ0v) is 19.5. The van der Waals surface area contributed by atoms with Crippen molar-refractivity contribution >= 4 is 33.5 Å². The average molecular weight is 512 g/mol. The van der Waals surface area contributed by atoms with E-state index in [1.807, 2.05) is 0 Å². The molecule has 4 aromatic rings. The third-order valence-electron chi connectivity index (χ3n) is 7.47. The minimum Gasteiger partial charge on any atom is -0.292 e. The number of hydrogen-bond donors (Lipinski definition) is 1. The van der Waals surface area contributed by atoms with E-state index in [1.54, 1.807) is 7.05 Å². The number of rotatable bonds is 5. The Balaban J connectivity index is 1.34. The molecule has 0 saturated heterocycles. The van der Waals surface area contributed by atoms with Gasteiger partial charge in [-0.05, 0) is 43.4 Å². The van der Waals surface area contributed by atoms with Gasteiger partial charge >= 0.3 is 6.18 Å². The lowest BCUT2D eigenvalue weighted by molar-refractivity contribution is -0.137. The van der Waals surface area contributed by atoms with Gasteiger partial charge in [-0.25, -0.2) is 10.2 Å². The first kappa shape index (κ1) is 23.5. The van der Waals surface area contributed by atoms with Crippen LogP contribution in [-0.2, 0) is 19.8 Å². The van der Waals surface area contributed by atoms with Gasteiger partial charge in [0.15, 0.2) is 5.78 Å². The quantitative estimate of drug-likeness (QED) is 0.141. The van der Waals surface area contributed by atoms with E-state index in [1.165, 1.54) is 16.9 Å². The van der Waals surface area contributed by atoms with Crippen LogP contribution in [0, 0.1) is 17.2 Å². The molecule has 2 bridgehead atoms. The predicted molar refractivity (Wildman–Crippen MR) is 123 cm³/mol. The number of hydrogen-bond acceptors (Lipinski definition) is 6. The van der Waals surface area contributed by atoms with E-state index in [0.29, 0.717) is 39.1 Å². The molecule has 190 valence electrons. The second-order valence-electron chi connectivity index (χ2n) is 9.90. The van der Waals surface area contributed by atoms with E-state index in [4.69, 9.17) is 5.84 Å². The molecule has 0 atom stereocenters. The van der Waals surface area contributed by atoms with Crippen LogP contribution < -0.4 is 5.84 Å². The molecule has 37 heavy (non-hydrogen) atoms. The fourth-order valence-corrected chi connectivity index (χ4v) is 5.40. The van der Waals surface area contributed by atoms with E-state index < -0.39 is 23.5 Å². The van der Waals surface area contributed by atoms with Crippen LogP contribution >= 0.6 is 0 Å². The number of Topliss-reactive ketones (excluding diaryl/α,β-unsaturated/α-hetero) is 1. The largest absolute Gasteiger partial charge is 0.417 e. The molecule has 8 nitrogen and oxygen atoms in total. The van der Waals surface area contributed by atoms with E-state index in [-0.39, 0.29) is 34.5 Å². The first-order valence-corrected chi connectivity index (χ1v) is 11.6. The highest BCUT2D eigenvalue weighted by atomic mass is 19.4. The molecule has 3 saturated carbocycles. The van der Waals surface area contributed by atoms with Gasteiger partial charge in [-0.3, -0.25) is 29.2 Å².